The molecule has 0 amide bonds. The van der Waals surface area contributed by atoms with Crippen molar-refractivity contribution in [3.8, 4) is 0 Å². The monoisotopic (exact) mass is 337 g/mol. The number of aromatic nitrogens is 5. The topological polar surface area (TPSA) is 129 Å². The number of ether oxygens (including phenoxy) is 1. The Morgan fingerprint density at radius 2 is 2.04 bits per heavy atom. The van der Waals surface area contributed by atoms with E-state index in [-0.39, 0.29) is 30.0 Å². The Kier molecular flexibility index (Phi) is 4.74. The van der Waals surface area contributed by atoms with Gasteiger partial charge in [-0.15, -0.1) is 0 Å². The maximum atomic E-state index is 11.9. The molecule has 126 valence electrons. The molecule has 2 heterocycles. The first-order valence-electron chi connectivity index (χ1n) is 7.38. The number of carbonyl (C=O) groups excluding carboxylic acids is 1. The molecular formula is C16H15N7O2. The van der Waals surface area contributed by atoms with E-state index in [1.54, 1.807) is 0 Å². The van der Waals surface area contributed by atoms with Crippen molar-refractivity contribution in [2.24, 2.45) is 0 Å². The minimum Gasteiger partial charge on any atom is -0.453 e. The molecular weight excluding hydrogens is 322 g/mol. The second-order valence-corrected chi connectivity index (χ2v) is 5.04. The van der Waals surface area contributed by atoms with Crippen LogP contribution < -0.4 is 11.1 Å². The average molecular weight is 337 g/mol. The zero-order chi connectivity index (χ0) is 17.6. The van der Waals surface area contributed by atoms with Crippen LogP contribution in [0, 0.1) is 6.92 Å². The fourth-order valence-electron chi connectivity index (χ4n) is 2.00. The van der Waals surface area contributed by atoms with E-state index in [0.717, 1.165) is 11.3 Å². The number of para-hydroxylation sites is 1. The summed E-state index contributed by atoms with van der Waals surface area (Å²) in [6.07, 6.45) is 4.18. The molecule has 0 fully saturated rings. The molecule has 0 bridgehead atoms. The molecule has 0 aliphatic carbocycles. The van der Waals surface area contributed by atoms with Crippen LogP contribution in [0.1, 0.15) is 21.9 Å². The zero-order valence-electron chi connectivity index (χ0n) is 13.4. The summed E-state index contributed by atoms with van der Waals surface area (Å²) in [5.41, 5.74) is 7.67. The second kappa shape index (κ2) is 7.30. The number of nitrogen functional groups attached to an aromatic ring is 1. The number of hydrogen-bond donors (Lipinski definition) is 2. The van der Waals surface area contributed by atoms with Gasteiger partial charge in [0.25, 0.3) is 0 Å². The van der Waals surface area contributed by atoms with Gasteiger partial charge in [0, 0.05) is 18.1 Å². The number of nitrogens with zero attached hydrogens (tertiary/aromatic N) is 5. The van der Waals surface area contributed by atoms with Gasteiger partial charge in [0.2, 0.25) is 11.9 Å². The fourth-order valence-corrected chi connectivity index (χ4v) is 2.00. The lowest BCUT2D eigenvalue weighted by Gasteiger charge is -2.09. The molecule has 1 aromatic carbocycles. The number of anilines is 3. The van der Waals surface area contributed by atoms with Crippen molar-refractivity contribution in [3.63, 3.8) is 0 Å². The summed E-state index contributed by atoms with van der Waals surface area (Å²) in [7, 11) is 0. The Hall–Kier alpha value is -3.62. The molecule has 0 spiro atoms. The second-order valence-electron chi connectivity index (χ2n) is 5.04. The van der Waals surface area contributed by atoms with Crippen molar-refractivity contribution < 1.29 is 9.53 Å². The third-order valence-electron chi connectivity index (χ3n) is 3.20. The van der Waals surface area contributed by atoms with Crippen LogP contribution >= 0.6 is 0 Å². The van der Waals surface area contributed by atoms with E-state index in [1.807, 2.05) is 31.2 Å². The molecule has 3 aromatic rings. The number of esters is 1. The first-order chi connectivity index (χ1) is 12.1. The van der Waals surface area contributed by atoms with Crippen LogP contribution in [0.3, 0.4) is 0 Å². The normalized spacial score (nSPS) is 10.3. The van der Waals surface area contributed by atoms with E-state index >= 15 is 0 Å². The minimum absolute atomic E-state index is 0.0247. The van der Waals surface area contributed by atoms with Gasteiger partial charge < -0.3 is 15.8 Å². The Bertz CT molecular complexity index is 887. The maximum absolute atomic E-state index is 11.9. The van der Waals surface area contributed by atoms with Crippen LogP contribution in [0.25, 0.3) is 0 Å². The Labute approximate surface area is 143 Å². The Morgan fingerprint density at radius 3 is 2.80 bits per heavy atom. The molecule has 0 unspecified atom stereocenters. The number of nitrogens with one attached hydrogen (secondary N) is 1. The van der Waals surface area contributed by atoms with Crippen LogP contribution in [0.15, 0.2) is 42.9 Å². The van der Waals surface area contributed by atoms with E-state index < -0.39 is 5.97 Å². The lowest BCUT2D eigenvalue weighted by atomic mass is 10.2. The van der Waals surface area contributed by atoms with Crippen molar-refractivity contribution in [2.75, 3.05) is 11.1 Å². The molecule has 0 aliphatic heterocycles. The van der Waals surface area contributed by atoms with Crippen LogP contribution in [-0.4, -0.2) is 30.9 Å². The average Bonchev–Trinajstić information content (AvgIpc) is 2.62. The van der Waals surface area contributed by atoms with Gasteiger partial charge in [-0.1, -0.05) is 18.2 Å². The summed E-state index contributed by atoms with van der Waals surface area (Å²) in [6, 6.07) is 7.67. The number of aryl methyl sites for hydroxylation is 1. The fraction of sp³-hybridized carbons (Fsp3) is 0.125. The highest BCUT2D eigenvalue weighted by molar-refractivity contribution is 5.86. The maximum Gasteiger partial charge on any atom is 0.358 e. The molecule has 3 rings (SSSR count). The van der Waals surface area contributed by atoms with Crippen molar-refractivity contribution in [1.29, 1.82) is 0 Å². The smallest absolute Gasteiger partial charge is 0.358 e. The van der Waals surface area contributed by atoms with E-state index in [4.69, 9.17) is 10.5 Å². The standard InChI is InChI=1S/C16H15N7O2/c1-10-4-2-3-5-11(10)20-16-22-13(21-15(17)23-16)9-25-14(24)12-8-18-6-7-19-12/h2-8H,9H2,1H3,(H3,17,20,21,22,23). The van der Waals surface area contributed by atoms with E-state index in [0.29, 0.717) is 0 Å². The third-order valence-corrected chi connectivity index (χ3v) is 3.20. The molecule has 3 N–H and O–H groups in total. The van der Waals surface area contributed by atoms with Crippen LogP contribution in [-0.2, 0) is 11.3 Å². The van der Waals surface area contributed by atoms with E-state index in [2.05, 4.69) is 30.2 Å². The zero-order valence-corrected chi connectivity index (χ0v) is 13.4. The minimum atomic E-state index is -0.625. The number of rotatable bonds is 5. The summed E-state index contributed by atoms with van der Waals surface area (Å²) in [5, 5.41) is 3.07. The van der Waals surface area contributed by atoms with Crippen LogP contribution in [0.2, 0.25) is 0 Å². The van der Waals surface area contributed by atoms with Gasteiger partial charge in [0.15, 0.2) is 18.1 Å². The van der Waals surface area contributed by atoms with Gasteiger partial charge in [0.05, 0.1) is 6.20 Å². The Morgan fingerprint density at radius 1 is 1.20 bits per heavy atom. The number of benzene rings is 1. The Balaban J connectivity index is 1.71. The molecule has 25 heavy (non-hydrogen) atoms. The van der Waals surface area contributed by atoms with Crippen molar-refractivity contribution in [2.45, 2.75) is 13.5 Å². The van der Waals surface area contributed by atoms with E-state index in [9.17, 15) is 4.79 Å². The van der Waals surface area contributed by atoms with Crippen LogP contribution in [0.4, 0.5) is 17.6 Å². The predicted molar refractivity (Wildman–Crippen MR) is 89.9 cm³/mol. The summed E-state index contributed by atoms with van der Waals surface area (Å²) in [5.74, 6) is -0.106. The summed E-state index contributed by atoms with van der Waals surface area (Å²) >= 11 is 0. The molecule has 2 aromatic heterocycles. The first kappa shape index (κ1) is 16.2. The molecule has 0 atom stereocenters. The summed E-state index contributed by atoms with van der Waals surface area (Å²) < 4.78 is 5.12. The molecule has 0 saturated heterocycles. The highest BCUT2D eigenvalue weighted by Crippen LogP contribution is 2.17. The van der Waals surface area contributed by atoms with Crippen molar-refractivity contribution in [3.05, 3.63) is 59.9 Å². The third kappa shape index (κ3) is 4.22. The summed E-state index contributed by atoms with van der Waals surface area (Å²) in [4.78, 5) is 31.8. The van der Waals surface area contributed by atoms with Gasteiger partial charge >= 0.3 is 5.97 Å². The first-order valence-corrected chi connectivity index (χ1v) is 7.38. The van der Waals surface area contributed by atoms with Crippen molar-refractivity contribution in [1.82, 2.24) is 24.9 Å². The molecule has 0 radical (unpaired) electrons. The van der Waals surface area contributed by atoms with Gasteiger partial charge in [-0.2, -0.15) is 15.0 Å². The van der Waals surface area contributed by atoms with Gasteiger partial charge in [-0.25, -0.2) is 9.78 Å². The molecule has 9 nitrogen and oxygen atoms in total. The quantitative estimate of drug-likeness (QED) is 0.667. The SMILES string of the molecule is Cc1ccccc1Nc1nc(N)nc(COC(=O)c2cnccn2)n1. The molecule has 0 saturated carbocycles. The van der Waals surface area contributed by atoms with Gasteiger partial charge in [0.1, 0.15) is 0 Å². The van der Waals surface area contributed by atoms with Gasteiger partial charge in [-0.3, -0.25) is 4.98 Å². The summed E-state index contributed by atoms with van der Waals surface area (Å²) in [6.45, 7) is 1.79. The lowest BCUT2D eigenvalue weighted by Crippen LogP contribution is -2.12. The largest absolute Gasteiger partial charge is 0.453 e. The lowest BCUT2D eigenvalue weighted by molar-refractivity contribution is 0.0454. The van der Waals surface area contributed by atoms with E-state index in [1.165, 1.54) is 18.6 Å². The molecule has 9 heteroatoms. The molecule has 0 aliphatic rings. The van der Waals surface area contributed by atoms with Gasteiger partial charge in [-0.05, 0) is 18.6 Å². The number of carbonyl (C=O) groups is 1. The predicted octanol–water partition coefficient (Wildman–Crippen LogP) is 1.65. The van der Waals surface area contributed by atoms with Crippen molar-refractivity contribution >= 4 is 23.6 Å². The number of hydrogen-bond acceptors (Lipinski definition) is 9. The highest BCUT2D eigenvalue weighted by Gasteiger charge is 2.12. The van der Waals surface area contributed by atoms with Crippen LogP contribution in [0.5, 0.6) is 0 Å². The number of nitrogens with two attached hydrogens (primary N) is 1. The highest BCUT2D eigenvalue weighted by atomic mass is 16.5.